The van der Waals surface area contributed by atoms with Crippen LogP contribution in [-0.2, 0) is 9.47 Å². The zero-order valence-electron chi connectivity index (χ0n) is 12.5. The molecule has 2 N–H and O–H groups in total. The predicted octanol–water partition coefficient (Wildman–Crippen LogP) is 2.32. The van der Waals surface area contributed by atoms with Crippen molar-refractivity contribution in [1.82, 2.24) is 10.6 Å². The maximum atomic E-state index is 12.1. The number of cyclic esters (lactones) is 1. The normalized spacial score (nSPS) is 25.6. The first kappa shape index (κ1) is 14.9. The number of amides is 2. The Morgan fingerprint density at radius 1 is 1.35 bits per heavy atom. The van der Waals surface area contributed by atoms with Crippen LogP contribution in [-0.4, -0.2) is 36.0 Å². The zero-order chi connectivity index (χ0) is 14.8. The summed E-state index contributed by atoms with van der Waals surface area (Å²) < 4.78 is 10.7. The monoisotopic (exact) mass is 284 g/mol. The van der Waals surface area contributed by atoms with Gasteiger partial charge in [0, 0.05) is 0 Å². The molecule has 2 aliphatic rings. The molecule has 1 atom stereocenters. The number of hydrogen-bond acceptors (Lipinski definition) is 4. The largest absolute Gasteiger partial charge is 0.444 e. The highest BCUT2D eigenvalue weighted by molar-refractivity contribution is 5.71. The van der Waals surface area contributed by atoms with Crippen LogP contribution in [0.2, 0.25) is 0 Å². The molecule has 1 aliphatic heterocycles. The summed E-state index contributed by atoms with van der Waals surface area (Å²) in [5.74, 6) is 0. The van der Waals surface area contributed by atoms with E-state index in [2.05, 4.69) is 10.6 Å². The topological polar surface area (TPSA) is 76.7 Å². The molecule has 0 aromatic carbocycles. The number of nitrogens with one attached hydrogen (secondary N) is 2. The Labute approximate surface area is 119 Å². The number of carbonyl (C=O) groups is 2. The molecule has 2 amide bonds. The number of alkyl carbamates (subject to hydrolysis) is 2. The molecule has 2 rings (SSSR count). The van der Waals surface area contributed by atoms with E-state index in [1.165, 1.54) is 0 Å². The van der Waals surface area contributed by atoms with Crippen LogP contribution in [0.3, 0.4) is 0 Å². The Morgan fingerprint density at radius 3 is 2.50 bits per heavy atom. The van der Waals surface area contributed by atoms with Gasteiger partial charge in [0.2, 0.25) is 0 Å². The first-order valence-electron chi connectivity index (χ1n) is 7.26. The molecular weight excluding hydrogens is 260 g/mol. The van der Waals surface area contributed by atoms with E-state index >= 15 is 0 Å². The standard InChI is InChI=1S/C14H24N2O4/c1-13(2,3)20-12(18)16-14(7-5-4-6-8-14)10-9-15-11(17)19-10/h10H,4-9H2,1-3H3,(H,15,17)(H,16,18). The van der Waals surface area contributed by atoms with Crippen molar-refractivity contribution < 1.29 is 19.1 Å². The van der Waals surface area contributed by atoms with Gasteiger partial charge in [-0.2, -0.15) is 0 Å². The van der Waals surface area contributed by atoms with Crippen LogP contribution in [0.1, 0.15) is 52.9 Å². The third-order valence-corrected chi connectivity index (χ3v) is 3.79. The lowest BCUT2D eigenvalue weighted by Gasteiger charge is -2.41. The summed E-state index contributed by atoms with van der Waals surface area (Å²) in [6, 6.07) is 0. The van der Waals surface area contributed by atoms with Gasteiger partial charge in [0.05, 0.1) is 12.1 Å². The molecule has 0 bridgehead atoms. The van der Waals surface area contributed by atoms with Crippen LogP contribution in [0, 0.1) is 0 Å². The van der Waals surface area contributed by atoms with Gasteiger partial charge in [-0.15, -0.1) is 0 Å². The van der Waals surface area contributed by atoms with Crippen molar-refractivity contribution in [2.45, 2.75) is 70.1 Å². The molecule has 114 valence electrons. The zero-order valence-corrected chi connectivity index (χ0v) is 12.5. The second kappa shape index (κ2) is 5.50. The lowest BCUT2D eigenvalue weighted by atomic mass is 9.77. The summed E-state index contributed by atoms with van der Waals surface area (Å²) in [7, 11) is 0. The summed E-state index contributed by atoms with van der Waals surface area (Å²) in [5.41, 5.74) is -1.04. The van der Waals surface area contributed by atoms with Crippen molar-refractivity contribution in [3.8, 4) is 0 Å². The lowest BCUT2D eigenvalue weighted by molar-refractivity contribution is 0.0156. The lowest BCUT2D eigenvalue weighted by Crippen LogP contribution is -2.59. The third kappa shape index (κ3) is 3.55. The summed E-state index contributed by atoms with van der Waals surface area (Å²) >= 11 is 0. The highest BCUT2D eigenvalue weighted by Crippen LogP contribution is 2.34. The molecule has 2 fully saturated rings. The molecule has 6 nitrogen and oxygen atoms in total. The fourth-order valence-corrected chi connectivity index (χ4v) is 2.91. The van der Waals surface area contributed by atoms with Gasteiger partial charge in [0.15, 0.2) is 0 Å². The molecule has 1 heterocycles. The molecule has 0 aromatic rings. The fraction of sp³-hybridized carbons (Fsp3) is 0.857. The highest BCUT2D eigenvalue weighted by Gasteiger charge is 2.46. The minimum Gasteiger partial charge on any atom is -0.444 e. The van der Waals surface area contributed by atoms with E-state index in [9.17, 15) is 9.59 Å². The molecule has 0 spiro atoms. The SMILES string of the molecule is CC(C)(C)OC(=O)NC1(C2CNC(=O)O2)CCCCC1. The van der Waals surface area contributed by atoms with E-state index in [1.54, 1.807) is 0 Å². The highest BCUT2D eigenvalue weighted by atomic mass is 16.6. The van der Waals surface area contributed by atoms with Crippen molar-refractivity contribution in [2.75, 3.05) is 6.54 Å². The van der Waals surface area contributed by atoms with Crippen LogP contribution in [0.4, 0.5) is 9.59 Å². The van der Waals surface area contributed by atoms with Gasteiger partial charge in [-0.3, -0.25) is 0 Å². The van der Waals surface area contributed by atoms with E-state index < -0.39 is 23.3 Å². The molecule has 1 aliphatic carbocycles. The quantitative estimate of drug-likeness (QED) is 0.816. The van der Waals surface area contributed by atoms with E-state index in [-0.39, 0.29) is 6.10 Å². The average molecular weight is 284 g/mol. The first-order chi connectivity index (χ1) is 9.31. The molecule has 1 saturated carbocycles. The fourth-order valence-electron chi connectivity index (χ4n) is 2.91. The summed E-state index contributed by atoms with van der Waals surface area (Å²) in [5, 5.41) is 5.63. The molecule has 20 heavy (non-hydrogen) atoms. The maximum absolute atomic E-state index is 12.1. The first-order valence-corrected chi connectivity index (χ1v) is 7.26. The minimum atomic E-state index is -0.537. The molecule has 6 heteroatoms. The average Bonchev–Trinajstić information content (AvgIpc) is 2.75. The van der Waals surface area contributed by atoms with Crippen molar-refractivity contribution in [1.29, 1.82) is 0 Å². The van der Waals surface area contributed by atoms with E-state index in [4.69, 9.17) is 9.47 Å². The van der Waals surface area contributed by atoms with Crippen molar-refractivity contribution in [2.24, 2.45) is 0 Å². The Kier molecular flexibility index (Phi) is 4.11. The summed E-state index contributed by atoms with van der Waals surface area (Å²) in [6.45, 7) is 5.93. The van der Waals surface area contributed by atoms with Crippen LogP contribution in [0.5, 0.6) is 0 Å². The van der Waals surface area contributed by atoms with E-state index in [0.717, 1.165) is 32.1 Å². The maximum Gasteiger partial charge on any atom is 0.408 e. The predicted molar refractivity (Wildman–Crippen MR) is 73.5 cm³/mol. The van der Waals surface area contributed by atoms with Crippen LogP contribution >= 0.6 is 0 Å². The van der Waals surface area contributed by atoms with E-state index in [0.29, 0.717) is 6.54 Å². The van der Waals surface area contributed by atoms with Crippen LogP contribution < -0.4 is 10.6 Å². The Bertz CT molecular complexity index is 383. The Morgan fingerprint density at radius 2 is 2.00 bits per heavy atom. The van der Waals surface area contributed by atoms with Crippen molar-refractivity contribution >= 4 is 12.2 Å². The number of rotatable bonds is 2. The van der Waals surface area contributed by atoms with Gasteiger partial charge in [-0.05, 0) is 33.6 Å². The van der Waals surface area contributed by atoms with Crippen molar-refractivity contribution in [3.63, 3.8) is 0 Å². The van der Waals surface area contributed by atoms with Gasteiger partial charge in [-0.1, -0.05) is 19.3 Å². The second-order valence-corrected chi connectivity index (χ2v) is 6.62. The molecule has 1 unspecified atom stereocenters. The van der Waals surface area contributed by atoms with Gasteiger partial charge in [0.1, 0.15) is 11.7 Å². The molecule has 0 aromatic heterocycles. The Hall–Kier alpha value is -1.46. The van der Waals surface area contributed by atoms with E-state index in [1.807, 2.05) is 20.8 Å². The number of carbonyl (C=O) groups excluding carboxylic acids is 2. The van der Waals surface area contributed by atoms with Crippen molar-refractivity contribution in [3.05, 3.63) is 0 Å². The summed E-state index contributed by atoms with van der Waals surface area (Å²) in [4.78, 5) is 23.4. The smallest absolute Gasteiger partial charge is 0.408 e. The molecule has 0 radical (unpaired) electrons. The second-order valence-electron chi connectivity index (χ2n) is 6.62. The number of ether oxygens (including phenoxy) is 2. The third-order valence-electron chi connectivity index (χ3n) is 3.79. The minimum absolute atomic E-state index is 0.317. The van der Waals surface area contributed by atoms with Gasteiger partial charge in [0.25, 0.3) is 0 Å². The molecular formula is C14H24N2O4. The summed E-state index contributed by atoms with van der Waals surface area (Å²) in [6.07, 6.45) is 3.63. The van der Waals surface area contributed by atoms with Gasteiger partial charge in [-0.25, -0.2) is 9.59 Å². The van der Waals surface area contributed by atoms with Crippen LogP contribution in [0.15, 0.2) is 0 Å². The van der Waals surface area contributed by atoms with Crippen LogP contribution in [0.25, 0.3) is 0 Å². The van der Waals surface area contributed by atoms with Gasteiger partial charge >= 0.3 is 12.2 Å². The number of hydrogen-bond donors (Lipinski definition) is 2. The molecule has 1 saturated heterocycles. The Balaban J connectivity index is 2.07. The van der Waals surface area contributed by atoms with Gasteiger partial charge < -0.3 is 20.1 Å².